The molecule has 6 heteroatoms. The number of rotatable bonds is 7. The van der Waals surface area contributed by atoms with Gasteiger partial charge in [0.25, 0.3) is 0 Å². The number of halogens is 1. The average molecular weight is 323 g/mol. The van der Waals surface area contributed by atoms with E-state index in [4.69, 9.17) is 20.8 Å². The van der Waals surface area contributed by atoms with Crippen molar-refractivity contribution in [2.75, 3.05) is 20.3 Å². The van der Waals surface area contributed by atoms with Crippen LogP contribution in [0.4, 0.5) is 0 Å². The van der Waals surface area contributed by atoms with Gasteiger partial charge in [0.15, 0.2) is 0 Å². The standard InChI is InChI=1S/C16H19ClN2O3/c1-11-14(10-15(20)18-7-4-8-21-2)19-16(22-11)12-5-3-6-13(17)9-12/h3,5-6,9H,4,7-8,10H2,1-2H3,(H,18,20). The fourth-order valence-electron chi connectivity index (χ4n) is 2.00. The minimum Gasteiger partial charge on any atom is -0.441 e. The monoisotopic (exact) mass is 322 g/mol. The van der Waals surface area contributed by atoms with E-state index in [2.05, 4.69) is 10.3 Å². The third-order valence-electron chi connectivity index (χ3n) is 3.14. The topological polar surface area (TPSA) is 64.4 Å². The minimum absolute atomic E-state index is 0.0786. The van der Waals surface area contributed by atoms with Gasteiger partial charge in [-0.05, 0) is 31.5 Å². The second-order valence-electron chi connectivity index (χ2n) is 4.91. The third kappa shape index (κ3) is 4.58. The molecule has 1 heterocycles. The van der Waals surface area contributed by atoms with Gasteiger partial charge in [-0.2, -0.15) is 0 Å². The van der Waals surface area contributed by atoms with Gasteiger partial charge in [0.2, 0.25) is 11.8 Å². The van der Waals surface area contributed by atoms with Crippen molar-refractivity contribution in [3.05, 3.63) is 40.7 Å². The second-order valence-corrected chi connectivity index (χ2v) is 5.34. The van der Waals surface area contributed by atoms with Crippen LogP contribution in [0.15, 0.2) is 28.7 Å². The first-order chi connectivity index (χ1) is 10.6. The lowest BCUT2D eigenvalue weighted by atomic mass is 10.2. The molecule has 1 N–H and O–H groups in total. The van der Waals surface area contributed by atoms with E-state index >= 15 is 0 Å². The maximum absolute atomic E-state index is 11.9. The normalized spacial score (nSPS) is 10.7. The molecule has 118 valence electrons. The zero-order valence-electron chi connectivity index (χ0n) is 12.7. The van der Waals surface area contributed by atoms with E-state index in [1.54, 1.807) is 26.2 Å². The molecule has 0 fully saturated rings. The van der Waals surface area contributed by atoms with E-state index in [0.29, 0.717) is 35.5 Å². The number of nitrogens with one attached hydrogen (secondary N) is 1. The summed E-state index contributed by atoms with van der Waals surface area (Å²) in [6.45, 7) is 3.02. The van der Waals surface area contributed by atoms with E-state index in [1.807, 2.05) is 12.1 Å². The van der Waals surface area contributed by atoms with Gasteiger partial charge in [-0.25, -0.2) is 4.98 Å². The first-order valence-corrected chi connectivity index (χ1v) is 7.46. The number of aryl methyl sites for hydroxylation is 1. The van der Waals surface area contributed by atoms with E-state index in [1.165, 1.54) is 0 Å². The molecular formula is C16H19ClN2O3. The van der Waals surface area contributed by atoms with Crippen LogP contribution in [0.25, 0.3) is 11.5 Å². The smallest absolute Gasteiger partial charge is 0.226 e. The number of methoxy groups -OCH3 is 1. The van der Waals surface area contributed by atoms with Crippen molar-refractivity contribution in [3.63, 3.8) is 0 Å². The molecule has 0 saturated carbocycles. The number of carbonyl (C=O) groups is 1. The predicted octanol–water partition coefficient (Wildman–Crippen LogP) is 3.00. The molecule has 22 heavy (non-hydrogen) atoms. The van der Waals surface area contributed by atoms with Gasteiger partial charge in [0.1, 0.15) is 5.76 Å². The highest BCUT2D eigenvalue weighted by Gasteiger charge is 2.14. The summed E-state index contributed by atoms with van der Waals surface area (Å²) in [6.07, 6.45) is 0.983. The third-order valence-corrected chi connectivity index (χ3v) is 3.37. The van der Waals surface area contributed by atoms with E-state index < -0.39 is 0 Å². The molecule has 0 radical (unpaired) electrons. The lowest BCUT2D eigenvalue weighted by Gasteiger charge is -2.03. The lowest BCUT2D eigenvalue weighted by Crippen LogP contribution is -2.27. The molecule has 0 bridgehead atoms. The number of amides is 1. The van der Waals surface area contributed by atoms with E-state index in [-0.39, 0.29) is 12.3 Å². The van der Waals surface area contributed by atoms with Gasteiger partial charge >= 0.3 is 0 Å². The Bertz CT molecular complexity index is 640. The highest BCUT2D eigenvalue weighted by atomic mass is 35.5. The quantitative estimate of drug-likeness (QED) is 0.796. The van der Waals surface area contributed by atoms with Gasteiger partial charge in [-0.3, -0.25) is 4.79 Å². The Kier molecular flexibility index (Phi) is 5.98. The summed E-state index contributed by atoms with van der Waals surface area (Å²) in [5, 5.41) is 3.45. The highest BCUT2D eigenvalue weighted by Crippen LogP contribution is 2.24. The summed E-state index contributed by atoms with van der Waals surface area (Å²) in [5.41, 5.74) is 1.43. The SMILES string of the molecule is COCCCNC(=O)Cc1nc(-c2cccc(Cl)c2)oc1C. The molecule has 0 saturated heterocycles. The molecule has 0 aliphatic heterocycles. The first kappa shape index (κ1) is 16.5. The second kappa shape index (κ2) is 7.96. The van der Waals surface area contributed by atoms with Gasteiger partial charge in [0.05, 0.1) is 12.1 Å². The van der Waals surface area contributed by atoms with Crippen LogP contribution in [-0.2, 0) is 16.0 Å². The maximum Gasteiger partial charge on any atom is 0.226 e. The summed E-state index contributed by atoms with van der Waals surface area (Å²) in [6, 6.07) is 7.27. The van der Waals surface area contributed by atoms with Gasteiger partial charge in [-0.1, -0.05) is 17.7 Å². The number of carbonyl (C=O) groups excluding carboxylic acids is 1. The summed E-state index contributed by atoms with van der Waals surface area (Å²) in [7, 11) is 1.64. The first-order valence-electron chi connectivity index (χ1n) is 7.08. The number of benzene rings is 1. The summed E-state index contributed by atoms with van der Waals surface area (Å²) < 4.78 is 10.6. The zero-order valence-corrected chi connectivity index (χ0v) is 13.4. The van der Waals surface area contributed by atoms with Crippen LogP contribution in [0.1, 0.15) is 17.9 Å². The maximum atomic E-state index is 11.9. The molecule has 2 rings (SSSR count). The van der Waals surface area contributed by atoms with Crippen molar-refractivity contribution in [2.45, 2.75) is 19.8 Å². The van der Waals surface area contributed by atoms with Gasteiger partial charge in [-0.15, -0.1) is 0 Å². The number of nitrogens with zero attached hydrogens (tertiary/aromatic N) is 1. The fourth-order valence-corrected chi connectivity index (χ4v) is 2.19. The fraction of sp³-hybridized carbons (Fsp3) is 0.375. The molecule has 2 aromatic rings. The van der Waals surface area contributed by atoms with Crippen molar-refractivity contribution in [1.29, 1.82) is 0 Å². The Morgan fingerprint density at radius 2 is 2.27 bits per heavy atom. The van der Waals surface area contributed by atoms with Crippen molar-refractivity contribution in [3.8, 4) is 11.5 Å². The Balaban J connectivity index is 1.99. The molecule has 0 aliphatic rings. The van der Waals surface area contributed by atoms with Crippen molar-refractivity contribution in [1.82, 2.24) is 10.3 Å². The summed E-state index contributed by atoms with van der Waals surface area (Å²) in [4.78, 5) is 16.3. The van der Waals surface area contributed by atoms with Crippen molar-refractivity contribution < 1.29 is 13.9 Å². The Morgan fingerprint density at radius 1 is 1.45 bits per heavy atom. The molecule has 1 amide bonds. The largest absolute Gasteiger partial charge is 0.441 e. The van der Waals surface area contributed by atoms with Crippen molar-refractivity contribution >= 4 is 17.5 Å². The Labute approximate surface area is 134 Å². The van der Waals surface area contributed by atoms with Crippen LogP contribution in [0, 0.1) is 6.92 Å². The predicted molar refractivity (Wildman–Crippen MR) is 84.9 cm³/mol. The van der Waals surface area contributed by atoms with E-state index in [9.17, 15) is 4.79 Å². The number of ether oxygens (including phenoxy) is 1. The lowest BCUT2D eigenvalue weighted by molar-refractivity contribution is -0.120. The summed E-state index contributed by atoms with van der Waals surface area (Å²) in [5.74, 6) is 1.04. The van der Waals surface area contributed by atoms with Crippen LogP contribution in [-0.4, -0.2) is 31.2 Å². The Hall–Kier alpha value is -1.85. The number of hydrogen-bond donors (Lipinski definition) is 1. The van der Waals surface area contributed by atoms with Crippen molar-refractivity contribution in [2.24, 2.45) is 0 Å². The molecule has 0 aliphatic carbocycles. The van der Waals surface area contributed by atoms with Gasteiger partial charge in [0, 0.05) is 30.8 Å². The molecule has 0 unspecified atom stereocenters. The molecule has 5 nitrogen and oxygen atoms in total. The number of oxazole rings is 1. The molecule has 1 aromatic heterocycles. The van der Waals surface area contributed by atoms with Gasteiger partial charge < -0.3 is 14.5 Å². The number of aromatic nitrogens is 1. The Morgan fingerprint density at radius 3 is 3.00 bits per heavy atom. The minimum atomic E-state index is -0.0786. The molecule has 0 atom stereocenters. The van der Waals surface area contributed by atoms with Crippen LogP contribution in [0.5, 0.6) is 0 Å². The molecule has 0 spiro atoms. The summed E-state index contributed by atoms with van der Waals surface area (Å²) >= 11 is 5.96. The van der Waals surface area contributed by atoms with Crippen LogP contribution in [0.2, 0.25) is 5.02 Å². The van der Waals surface area contributed by atoms with Crippen LogP contribution >= 0.6 is 11.6 Å². The highest BCUT2D eigenvalue weighted by molar-refractivity contribution is 6.30. The average Bonchev–Trinajstić information content (AvgIpc) is 2.85. The van der Waals surface area contributed by atoms with Crippen LogP contribution < -0.4 is 5.32 Å². The molecular weight excluding hydrogens is 304 g/mol. The molecule has 1 aromatic carbocycles. The van der Waals surface area contributed by atoms with Crippen LogP contribution in [0.3, 0.4) is 0 Å². The number of hydrogen-bond acceptors (Lipinski definition) is 4. The van der Waals surface area contributed by atoms with E-state index in [0.717, 1.165) is 12.0 Å². The zero-order chi connectivity index (χ0) is 15.9.